The first-order valence-corrected chi connectivity index (χ1v) is 6.19. The summed E-state index contributed by atoms with van der Waals surface area (Å²) in [6, 6.07) is 5.71. The molecule has 18 heavy (non-hydrogen) atoms. The molecule has 0 amide bonds. The Morgan fingerprint density at radius 3 is 3.06 bits per heavy atom. The highest BCUT2D eigenvalue weighted by atomic mass is 79.9. The second-order valence-corrected chi connectivity index (χ2v) is 4.81. The number of aromatic nitrogens is 3. The number of H-pyrrole nitrogens is 1. The van der Waals surface area contributed by atoms with Gasteiger partial charge in [0.1, 0.15) is 23.8 Å². The van der Waals surface area contributed by atoms with Crippen LogP contribution in [0.15, 0.2) is 33.4 Å². The lowest BCUT2D eigenvalue weighted by Gasteiger charge is -2.06. The number of aromatic amines is 1. The Labute approximate surface area is 111 Å². The Balaban J connectivity index is 1.83. The predicted octanol–water partition coefficient (Wildman–Crippen LogP) is 3.20. The quantitative estimate of drug-likeness (QED) is 0.807. The van der Waals surface area contributed by atoms with E-state index in [4.69, 9.17) is 9.26 Å². The van der Waals surface area contributed by atoms with Crippen LogP contribution in [-0.2, 0) is 6.61 Å². The summed E-state index contributed by atoms with van der Waals surface area (Å²) in [5, 5.41) is 11.8. The molecule has 0 aliphatic heterocycles. The Morgan fingerprint density at radius 1 is 1.39 bits per heavy atom. The third kappa shape index (κ3) is 2.11. The molecule has 0 saturated carbocycles. The van der Waals surface area contributed by atoms with Crippen molar-refractivity contribution in [3.05, 3.63) is 40.3 Å². The van der Waals surface area contributed by atoms with Crippen LogP contribution in [-0.4, -0.2) is 15.4 Å². The van der Waals surface area contributed by atoms with Crippen LogP contribution in [0, 0.1) is 6.92 Å². The summed E-state index contributed by atoms with van der Waals surface area (Å²) in [5.41, 5.74) is 1.70. The lowest BCUT2D eigenvalue weighted by molar-refractivity contribution is 0.286. The maximum Gasteiger partial charge on any atom is 0.136 e. The summed E-state index contributed by atoms with van der Waals surface area (Å²) in [6.07, 6.45) is 1.77. The number of benzene rings is 1. The number of ether oxygens (including phenoxy) is 1. The topological polar surface area (TPSA) is 63.9 Å². The first kappa shape index (κ1) is 11.3. The molecule has 0 aliphatic carbocycles. The van der Waals surface area contributed by atoms with Gasteiger partial charge in [-0.15, -0.1) is 0 Å². The van der Waals surface area contributed by atoms with Gasteiger partial charge in [-0.05, 0) is 28.9 Å². The van der Waals surface area contributed by atoms with Crippen LogP contribution in [0.25, 0.3) is 10.9 Å². The Morgan fingerprint density at radius 2 is 2.28 bits per heavy atom. The molecule has 0 atom stereocenters. The number of halogens is 1. The van der Waals surface area contributed by atoms with Gasteiger partial charge in [0.2, 0.25) is 0 Å². The van der Waals surface area contributed by atoms with Gasteiger partial charge in [-0.2, -0.15) is 5.10 Å². The van der Waals surface area contributed by atoms with E-state index in [2.05, 4.69) is 31.3 Å². The molecule has 0 fully saturated rings. The maximum absolute atomic E-state index is 5.70. The zero-order valence-electron chi connectivity index (χ0n) is 9.61. The van der Waals surface area contributed by atoms with Gasteiger partial charge in [0, 0.05) is 17.5 Å². The minimum Gasteiger partial charge on any atom is -0.486 e. The number of aryl methyl sites for hydroxylation is 1. The van der Waals surface area contributed by atoms with Crippen LogP contribution >= 0.6 is 15.9 Å². The largest absolute Gasteiger partial charge is 0.486 e. The van der Waals surface area contributed by atoms with Crippen LogP contribution in [0.4, 0.5) is 0 Å². The third-order valence-electron chi connectivity index (χ3n) is 2.55. The monoisotopic (exact) mass is 307 g/mol. The maximum atomic E-state index is 5.70. The van der Waals surface area contributed by atoms with Crippen molar-refractivity contribution in [2.24, 2.45) is 0 Å². The lowest BCUT2D eigenvalue weighted by atomic mass is 10.2. The molecule has 92 valence electrons. The standard InChI is InChI=1S/C12H10BrN3O2/c1-7-2-9(16-18-7)6-17-12-4-11-8(3-10(12)13)5-14-15-11/h2-5H,6H2,1H3,(H,14,15). The predicted molar refractivity (Wildman–Crippen MR) is 69.4 cm³/mol. The number of nitrogens with one attached hydrogen (secondary N) is 1. The minimum absolute atomic E-state index is 0.371. The fourth-order valence-electron chi connectivity index (χ4n) is 1.69. The lowest BCUT2D eigenvalue weighted by Crippen LogP contribution is -1.96. The van der Waals surface area contributed by atoms with Gasteiger partial charge in [-0.1, -0.05) is 5.16 Å². The van der Waals surface area contributed by atoms with Gasteiger partial charge in [0.15, 0.2) is 0 Å². The van der Waals surface area contributed by atoms with E-state index in [1.807, 2.05) is 25.1 Å². The number of hydrogen-bond acceptors (Lipinski definition) is 4. The van der Waals surface area contributed by atoms with E-state index in [0.29, 0.717) is 6.61 Å². The Kier molecular flexibility index (Phi) is 2.79. The molecule has 0 saturated heterocycles. The van der Waals surface area contributed by atoms with Crippen molar-refractivity contribution in [3.8, 4) is 5.75 Å². The fraction of sp³-hybridized carbons (Fsp3) is 0.167. The van der Waals surface area contributed by atoms with Crippen LogP contribution < -0.4 is 4.74 Å². The summed E-state index contributed by atoms with van der Waals surface area (Å²) in [5.74, 6) is 1.52. The summed E-state index contributed by atoms with van der Waals surface area (Å²) in [7, 11) is 0. The zero-order valence-corrected chi connectivity index (χ0v) is 11.2. The van der Waals surface area contributed by atoms with Gasteiger partial charge in [-0.3, -0.25) is 5.10 Å². The summed E-state index contributed by atoms with van der Waals surface area (Å²) >= 11 is 3.47. The van der Waals surface area contributed by atoms with Gasteiger partial charge < -0.3 is 9.26 Å². The van der Waals surface area contributed by atoms with E-state index in [0.717, 1.165) is 32.6 Å². The highest BCUT2D eigenvalue weighted by Gasteiger charge is 2.07. The molecule has 6 heteroatoms. The highest BCUT2D eigenvalue weighted by molar-refractivity contribution is 9.10. The van der Waals surface area contributed by atoms with E-state index in [-0.39, 0.29) is 0 Å². The van der Waals surface area contributed by atoms with Crippen molar-refractivity contribution in [2.75, 3.05) is 0 Å². The normalized spacial score (nSPS) is 11.0. The van der Waals surface area contributed by atoms with Crippen molar-refractivity contribution < 1.29 is 9.26 Å². The van der Waals surface area contributed by atoms with Crippen LogP contribution in [0.1, 0.15) is 11.5 Å². The van der Waals surface area contributed by atoms with Crippen molar-refractivity contribution in [3.63, 3.8) is 0 Å². The molecular weight excluding hydrogens is 298 g/mol. The summed E-state index contributed by atoms with van der Waals surface area (Å²) in [4.78, 5) is 0. The summed E-state index contributed by atoms with van der Waals surface area (Å²) in [6.45, 7) is 2.22. The summed E-state index contributed by atoms with van der Waals surface area (Å²) < 4.78 is 11.6. The molecule has 5 nitrogen and oxygen atoms in total. The molecule has 0 radical (unpaired) electrons. The molecule has 1 aromatic carbocycles. The molecule has 3 rings (SSSR count). The van der Waals surface area contributed by atoms with E-state index in [1.165, 1.54) is 0 Å². The van der Waals surface area contributed by atoms with Crippen molar-refractivity contribution >= 4 is 26.8 Å². The molecule has 2 heterocycles. The van der Waals surface area contributed by atoms with Crippen LogP contribution in [0.2, 0.25) is 0 Å². The molecular formula is C12H10BrN3O2. The highest BCUT2D eigenvalue weighted by Crippen LogP contribution is 2.30. The van der Waals surface area contributed by atoms with Gasteiger partial charge in [0.05, 0.1) is 16.2 Å². The SMILES string of the molecule is Cc1cc(COc2cc3[nH]ncc3cc2Br)no1. The van der Waals surface area contributed by atoms with Gasteiger partial charge >= 0.3 is 0 Å². The Bertz CT molecular complexity index is 690. The van der Waals surface area contributed by atoms with Crippen molar-refractivity contribution in [1.29, 1.82) is 0 Å². The van der Waals surface area contributed by atoms with Crippen molar-refractivity contribution in [2.45, 2.75) is 13.5 Å². The van der Waals surface area contributed by atoms with Gasteiger partial charge in [-0.25, -0.2) is 0 Å². The van der Waals surface area contributed by atoms with Crippen LogP contribution in [0.3, 0.4) is 0 Å². The number of rotatable bonds is 3. The second-order valence-electron chi connectivity index (χ2n) is 3.96. The molecule has 3 aromatic rings. The molecule has 0 bridgehead atoms. The fourth-order valence-corrected chi connectivity index (χ4v) is 2.17. The van der Waals surface area contributed by atoms with E-state index >= 15 is 0 Å². The smallest absolute Gasteiger partial charge is 0.136 e. The second kappa shape index (κ2) is 4.45. The molecule has 0 aliphatic rings. The number of hydrogen-bond donors (Lipinski definition) is 1. The zero-order chi connectivity index (χ0) is 12.5. The molecule has 1 N–H and O–H groups in total. The minimum atomic E-state index is 0.371. The molecule has 0 unspecified atom stereocenters. The van der Waals surface area contributed by atoms with E-state index < -0.39 is 0 Å². The first-order valence-electron chi connectivity index (χ1n) is 5.40. The molecule has 0 spiro atoms. The van der Waals surface area contributed by atoms with E-state index in [9.17, 15) is 0 Å². The third-order valence-corrected chi connectivity index (χ3v) is 3.16. The van der Waals surface area contributed by atoms with Gasteiger partial charge in [0.25, 0.3) is 0 Å². The number of nitrogens with zero attached hydrogens (tertiary/aromatic N) is 2. The van der Waals surface area contributed by atoms with E-state index in [1.54, 1.807) is 6.20 Å². The average Bonchev–Trinajstić information content (AvgIpc) is 2.94. The molecule has 2 aromatic heterocycles. The van der Waals surface area contributed by atoms with Crippen LogP contribution in [0.5, 0.6) is 5.75 Å². The Hall–Kier alpha value is -1.82. The first-order chi connectivity index (χ1) is 8.72. The number of fused-ring (bicyclic) bond motifs is 1. The van der Waals surface area contributed by atoms with Crippen molar-refractivity contribution in [1.82, 2.24) is 15.4 Å². The average molecular weight is 308 g/mol.